The Hall–Kier alpha value is -3.33. The van der Waals surface area contributed by atoms with Crippen LogP contribution in [-0.2, 0) is 9.59 Å². The van der Waals surface area contributed by atoms with Gasteiger partial charge in [0.2, 0.25) is 6.04 Å². The first-order chi connectivity index (χ1) is 12.8. The minimum atomic E-state index is -1.48. The smallest absolute Gasteiger partial charge is 0.298 e. The molecule has 2 aromatic carbocycles. The molecule has 2 rings (SSSR count). The van der Waals surface area contributed by atoms with Crippen molar-refractivity contribution < 1.29 is 19.2 Å². The molecule has 1 amide bonds. The van der Waals surface area contributed by atoms with E-state index < -0.39 is 28.3 Å². The van der Waals surface area contributed by atoms with Crippen LogP contribution in [0.5, 0.6) is 5.75 Å². The lowest BCUT2D eigenvalue weighted by Gasteiger charge is -2.12. The van der Waals surface area contributed by atoms with Crippen LogP contribution in [0, 0.1) is 10.1 Å². The number of anilines is 1. The zero-order chi connectivity index (χ0) is 20.0. The standard InChI is InChI=1S/C17H15ClN4O5/c1-10(23)16(17(24)19-13-5-3-4-6-15(13)27-2)21-20-12-8-7-11(18)9-14(12)22(25)26/h3-9,16H,1-2H3,(H,19,24)/t16-/m1/s1. The van der Waals surface area contributed by atoms with Crippen molar-refractivity contribution in [2.75, 3.05) is 12.4 Å². The number of carbonyl (C=O) groups is 2. The number of azo groups is 1. The molecule has 0 aliphatic heterocycles. The Labute approximate surface area is 159 Å². The summed E-state index contributed by atoms with van der Waals surface area (Å²) >= 11 is 5.74. The van der Waals surface area contributed by atoms with E-state index in [1.165, 1.54) is 26.2 Å². The zero-order valence-corrected chi connectivity index (χ0v) is 15.1. The van der Waals surface area contributed by atoms with Gasteiger partial charge in [-0.05, 0) is 31.2 Å². The molecular weight excluding hydrogens is 376 g/mol. The van der Waals surface area contributed by atoms with Gasteiger partial charge < -0.3 is 10.1 Å². The molecule has 0 saturated heterocycles. The molecular formula is C17H15ClN4O5. The number of methoxy groups -OCH3 is 1. The van der Waals surface area contributed by atoms with E-state index in [0.29, 0.717) is 11.4 Å². The summed E-state index contributed by atoms with van der Waals surface area (Å²) in [5.74, 6) is -0.923. The number of nitro groups is 1. The van der Waals surface area contributed by atoms with Gasteiger partial charge in [-0.2, -0.15) is 5.11 Å². The molecule has 0 aliphatic carbocycles. The molecule has 10 heteroatoms. The van der Waals surface area contributed by atoms with Crippen molar-refractivity contribution in [3.63, 3.8) is 0 Å². The first kappa shape index (κ1) is 20.0. The first-order valence-electron chi connectivity index (χ1n) is 7.62. The zero-order valence-electron chi connectivity index (χ0n) is 14.4. The quantitative estimate of drug-likeness (QED) is 0.332. The molecule has 0 radical (unpaired) electrons. The molecule has 140 valence electrons. The number of carbonyl (C=O) groups excluding carboxylic acids is 2. The number of rotatable bonds is 7. The van der Waals surface area contributed by atoms with Gasteiger partial charge in [0.25, 0.3) is 11.6 Å². The highest BCUT2D eigenvalue weighted by atomic mass is 35.5. The van der Waals surface area contributed by atoms with Gasteiger partial charge in [0.05, 0.1) is 17.7 Å². The van der Waals surface area contributed by atoms with E-state index >= 15 is 0 Å². The number of nitro benzene ring substituents is 1. The molecule has 0 fully saturated rings. The molecule has 0 spiro atoms. The highest BCUT2D eigenvalue weighted by Crippen LogP contribution is 2.31. The van der Waals surface area contributed by atoms with Crippen LogP contribution in [-0.4, -0.2) is 29.8 Å². The molecule has 9 nitrogen and oxygen atoms in total. The number of hydrogen-bond acceptors (Lipinski definition) is 7. The molecule has 2 aromatic rings. The van der Waals surface area contributed by atoms with Crippen molar-refractivity contribution in [1.29, 1.82) is 0 Å². The fourth-order valence-corrected chi connectivity index (χ4v) is 2.28. The predicted molar refractivity (Wildman–Crippen MR) is 98.7 cm³/mol. The van der Waals surface area contributed by atoms with Crippen molar-refractivity contribution in [2.24, 2.45) is 10.2 Å². The monoisotopic (exact) mass is 390 g/mol. The maximum Gasteiger partial charge on any atom is 0.298 e. The molecule has 0 aliphatic rings. The highest BCUT2D eigenvalue weighted by molar-refractivity contribution is 6.30. The summed E-state index contributed by atoms with van der Waals surface area (Å²) in [7, 11) is 1.44. The average Bonchev–Trinajstić information content (AvgIpc) is 2.63. The minimum absolute atomic E-state index is 0.124. The van der Waals surface area contributed by atoms with Crippen molar-refractivity contribution in [3.05, 3.63) is 57.6 Å². The molecule has 1 atom stereocenters. The number of hydrogen-bond donors (Lipinski definition) is 1. The van der Waals surface area contributed by atoms with Gasteiger partial charge in [-0.3, -0.25) is 19.7 Å². The summed E-state index contributed by atoms with van der Waals surface area (Å²) in [6, 6.07) is 8.92. The van der Waals surface area contributed by atoms with Crippen LogP contribution in [0.25, 0.3) is 0 Å². The summed E-state index contributed by atoms with van der Waals surface area (Å²) in [5.41, 5.74) is -0.164. The summed E-state index contributed by atoms with van der Waals surface area (Å²) in [6.07, 6.45) is 0. The highest BCUT2D eigenvalue weighted by Gasteiger charge is 2.25. The Morgan fingerprint density at radius 3 is 2.59 bits per heavy atom. The van der Waals surface area contributed by atoms with Crippen molar-refractivity contribution >= 4 is 40.4 Å². The second-order valence-electron chi connectivity index (χ2n) is 5.31. The maximum absolute atomic E-state index is 12.4. The van der Waals surface area contributed by atoms with Crippen LogP contribution in [0.2, 0.25) is 5.02 Å². The number of benzene rings is 2. The molecule has 1 N–H and O–H groups in total. The van der Waals surface area contributed by atoms with Gasteiger partial charge in [0, 0.05) is 11.1 Å². The Kier molecular flexibility index (Phi) is 6.56. The largest absolute Gasteiger partial charge is 0.495 e. The lowest BCUT2D eigenvalue weighted by atomic mass is 10.2. The number of ketones is 1. The van der Waals surface area contributed by atoms with Crippen LogP contribution < -0.4 is 10.1 Å². The van der Waals surface area contributed by atoms with E-state index in [4.69, 9.17) is 16.3 Å². The van der Waals surface area contributed by atoms with E-state index in [-0.39, 0.29) is 10.7 Å². The number of nitrogens with zero attached hydrogens (tertiary/aromatic N) is 3. The predicted octanol–water partition coefficient (Wildman–Crippen LogP) is 3.94. The number of para-hydroxylation sites is 2. The molecule has 0 bridgehead atoms. The SMILES string of the molecule is COc1ccccc1NC(=O)[C@H](N=Nc1ccc(Cl)cc1[N+](=O)[O-])C(C)=O. The third-order valence-corrected chi connectivity index (χ3v) is 3.65. The third-order valence-electron chi connectivity index (χ3n) is 3.41. The van der Waals surface area contributed by atoms with Crippen molar-refractivity contribution in [2.45, 2.75) is 13.0 Å². The Morgan fingerprint density at radius 1 is 1.26 bits per heavy atom. The van der Waals surface area contributed by atoms with E-state index in [1.54, 1.807) is 24.3 Å². The molecule has 0 aromatic heterocycles. The lowest BCUT2D eigenvalue weighted by molar-refractivity contribution is -0.384. The number of ether oxygens (including phenoxy) is 1. The van der Waals surface area contributed by atoms with Crippen LogP contribution in [0.1, 0.15) is 6.92 Å². The third kappa shape index (κ3) is 5.08. The van der Waals surface area contributed by atoms with Crippen LogP contribution in [0.3, 0.4) is 0 Å². The van der Waals surface area contributed by atoms with Crippen molar-refractivity contribution in [1.82, 2.24) is 0 Å². The van der Waals surface area contributed by atoms with E-state index in [0.717, 1.165) is 6.07 Å². The fourth-order valence-electron chi connectivity index (χ4n) is 2.11. The number of nitrogens with one attached hydrogen (secondary N) is 1. The molecule has 0 saturated carbocycles. The molecule has 0 heterocycles. The van der Waals surface area contributed by atoms with Crippen molar-refractivity contribution in [3.8, 4) is 5.75 Å². The second kappa shape index (κ2) is 8.86. The summed E-state index contributed by atoms with van der Waals surface area (Å²) in [5, 5.41) is 21.2. The van der Waals surface area contributed by atoms with Gasteiger partial charge in [0.15, 0.2) is 11.5 Å². The van der Waals surface area contributed by atoms with E-state index in [2.05, 4.69) is 15.5 Å². The Balaban J connectivity index is 2.28. The average molecular weight is 391 g/mol. The number of Topliss-reactive ketones (excluding diaryl/α,β-unsaturated/α-hetero) is 1. The number of amides is 1. The summed E-state index contributed by atoms with van der Waals surface area (Å²) < 4.78 is 5.13. The summed E-state index contributed by atoms with van der Waals surface area (Å²) in [6.45, 7) is 1.17. The van der Waals surface area contributed by atoms with Gasteiger partial charge in [-0.25, -0.2) is 0 Å². The minimum Gasteiger partial charge on any atom is -0.495 e. The molecule has 27 heavy (non-hydrogen) atoms. The Morgan fingerprint density at radius 2 is 1.96 bits per heavy atom. The van der Waals surface area contributed by atoms with Gasteiger partial charge in [0.1, 0.15) is 5.75 Å². The van der Waals surface area contributed by atoms with Crippen LogP contribution >= 0.6 is 11.6 Å². The lowest BCUT2D eigenvalue weighted by Crippen LogP contribution is -2.31. The van der Waals surface area contributed by atoms with Crippen LogP contribution in [0.15, 0.2) is 52.7 Å². The fraction of sp³-hybridized carbons (Fsp3) is 0.176. The van der Waals surface area contributed by atoms with E-state index in [9.17, 15) is 19.7 Å². The summed E-state index contributed by atoms with van der Waals surface area (Å²) in [4.78, 5) is 34.6. The maximum atomic E-state index is 12.4. The van der Waals surface area contributed by atoms with Gasteiger partial charge in [-0.1, -0.05) is 23.7 Å². The van der Waals surface area contributed by atoms with E-state index in [1.807, 2.05) is 0 Å². The normalized spacial score (nSPS) is 11.8. The molecule has 0 unspecified atom stereocenters. The van der Waals surface area contributed by atoms with Crippen LogP contribution in [0.4, 0.5) is 17.1 Å². The topological polar surface area (TPSA) is 123 Å². The first-order valence-corrected chi connectivity index (χ1v) is 8.00. The van der Waals surface area contributed by atoms with Gasteiger partial charge >= 0.3 is 0 Å². The Bertz CT molecular complexity index is 916. The second-order valence-corrected chi connectivity index (χ2v) is 5.74. The number of halogens is 1. The van der Waals surface area contributed by atoms with Gasteiger partial charge in [-0.15, -0.1) is 5.11 Å².